The Kier molecular flexibility index (Phi) is 9.09. The molecule has 0 aromatic heterocycles. The summed E-state index contributed by atoms with van der Waals surface area (Å²) in [7, 11) is 0. The summed E-state index contributed by atoms with van der Waals surface area (Å²) >= 11 is -0.106. The summed E-state index contributed by atoms with van der Waals surface area (Å²) in [6.45, 7) is 5.70. The molecule has 0 radical (unpaired) electrons. The molecule has 4 nitrogen and oxygen atoms in total. The van der Waals surface area contributed by atoms with Crippen molar-refractivity contribution in [3.05, 3.63) is 54.1 Å². The molecule has 0 aliphatic carbocycles. The molecule has 1 atom stereocenters. The zero-order chi connectivity index (χ0) is 25.5. The van der Waals surface area contributed by atoms with E-state index in [1.54, 1.807) is 12.1 Å². The molecule has 0 bridgehead atoms. The molecule has 36 heavy (non-hydrogen) atoms. The van der Waals surface area contributed by atoms with Gasteiger partial charge in [-0.2, -0.15) is 13.2 Å². The quantitative estimate of drug-likeness (QED) is 0.378. The minimum Gasteiger partial charge on any atom is -0.381 e. The van der Waals surface area contributed by atoms with E-state index in [1.165, 1.54) is 36.2 Å². The largest absolute Gasteiger partial charge is 0.446 e. The van der Waals surface area contributed by atoms with Crippen LogP contribution in [-0.4, -0.2) is 48.5 Å². The lowest BCUT2D eigenvalue weighted by Crippen LogP contribution is -2.45. The molecule has 2 aromatic rings. The average molecular weight is 520 g/mol. The fraction of sp³-hybridized carbons (Fsp3) is 0.536. The van der Waals surface area contributed by atoms with Crippen LogP contribution < -0.4 is 10.2 Å². The molecule has 1 amide bonds. The maximum atomic E-state index is 12.9. The van der Waals surface area contributed by atoms with Crippen LogP contribution in [0.25, 0.3) is 0 Å². The van der Waals surface area contributed by atoms with Crippen molar-refractivity contribution >= 4 is 29.0 Å². The van der Waals surface area contributed by atoms with E-state index in [0.717, 1.165) is 51.0 Å². The number of hydrogen-bond acceptors (Lipinski definition) is 4. The van der Waals surface area contributed by atoms with Gasteiger partial charge in [0.15, 0.2) is 0 Å². The van der Waals surface area contributed by atoms with Crippen LogP contribution in [0.4, 0.5) is 24.5 Å². The molecule has 2 aliphatic heterocycles. The Bertz CT molecular complexity index is 973. The van der Waals surface area contributed by atoms with Crippen molar-refractivity contribution in [3.63, 3.8) is 0 Å². The fourth-order valence-electron chi connectivity index (χ4n) is 5.25. The zero-order valence-electron chi connectivity index (χ0n) is 20.9. The van der Waals surface area contributed by atoms with E-state index in [0.29, 0.717) is 18.9 Å². The number of rotatable bonds is 8. The molecular weight excluding hydrogens is 483 g/mol. The lowest BCUT2D eigenvalue weighted by Gasteiger charge is -2.35. The number of piperidine rings is 2. The van der Waals surface area contributed by atoms with E-state index in [1.807, 2.05) is 4.90 Å². The highest BCUT2D eigenvalue weighted by Crippen LogP contribution is 2.37. The van der Waals surface area contributed by atoms with Gasteiger partial charge in [0.1, 0.15) is 0 Å². The van der Waals surface area contributed by atoms with Crippen molar-refractivity contribution in [2.45, 2.75) is 68.3 Å². The van der Waals surface area contributed by atoms with Crippen molar-refractivity contribution in [1.29, 1.82) is 0 Å². The molecule has 8 heteroatoms. The van der Waals surface area contributed by atoms with Crippen molar-refractivity contribution in [1.82, 2.24) is 4.90 Å². The maximum Gasteiger partial charge on any atom is 0.446 e. The van der Waals surface area contributed by atoms with Gasteiger partial charge in [-0.1, -0.05) is 17.7 Å². The molecule has 2 aliphatic rings. The van der Waals surface area contributed by atoms with E-state index in [-0.39, 0.29) is 28.6 Å². The Morgan fingerprint density at radius 2 is 1.69 bits per heavy atom. The minimum absolute atomic E-state index is 0.106. The average Bonchev–Trinajstić information content (AvgIpc) is 2.85. The Morgan fingerprint density at radius 1 is 1.00 bits per heavy atom. The van der Waals surface area contributed by atoms with Crippen LogP contribution in [0.5, 0.6) is 0 Å². The van der Waals surface area contributed by atoms with E-state index in [4.69, 9.17) is 0 Å². The van der Waals surface area contributed by atoms with E-state index < -0.39 is 5.51 Å². The van der Waals surface area contributed by atoms with E-state index >= 15 is 0 Å². The molecule has 0 unspecified atom stereocenters. The molecule has 1 N–H and O–H groups in total. The molecule has 2 saturated heterocycles. The number of alkyl halides is 3. The monoisotopic (exact) mass is 519 g/mol. The van der Waals surface area contributed by atoms with Crippen LogP contribution >= 0.6 is 11.8 Å². The van der Waals surface area contributed by atoms with Crippen LogP contribution in [0.2, 0.25) is 0 Å². The summed E-state index contributed by atoms with van der Waals surface area (Å²) in [5, 5.41) is 3.40. The number of aryl methyl sites for hydroxylation is 1. The lowest BCUT2D eigenvalue weighted by molar-refractivity contribution is -0.132. The number of carbonyl (C=O) groups is 1. The lowest BCUT2D eigenvalue weighted by atomic mass is 9.91. The van der Waals surface area contributed by atoms with Crippen LogP contribution in [-0.2, 0) is 4.79 Å². The highest BCUT2D eigenvalue weighted by Gasteiger charge is 2.29. The van der Waals surface area contributed by atoms with Crippen LogP contribution in [0, 0.1) is 12.8 Å². The van der Waals surface area contributed by atoms with Crippen molar-refractivity contribution in [2.24, 2.45) is 5.92 Å². The number of carbonyl (C=O) groups excluding carboxylic acids is 1. The van der Waals surface area contributed by atoms with Crippen LogP contribution in [0.1, 0.15) is 50.5 Å². The van der Waals surface area contributed by atoms with E-state index in [9.17, 15) is 18.0 Å². The Labute approximate surface area is 216 Å². The maximum absolute atomic E-state index is 12.9. The second-order valence-electron chi connectivity index (χ2n) is 10.1. The second kappa shape index (κ2) is 12.3. The third kappa shape index (κ3) is 8.08. The Balaban J connectivity index is 1.16. The minimum atomic E-state index is -4.28. The molecule has 2 heterocycles. The van der Waals surface area contributed by atoms with Gasteiger partial charge in [0.05, 0.1) is 0 Å². The first-order chi connectivity index (χ1) is 17.2. The molecule has 0 spiro atoms. The predicted octanol–water partition coefficient (Wildman–Crippen LogP) is 7.10. The smallest absolute Gasteiger partial charge is 0.381 e. The van der Waals surface area contributed by atoms with Crippen molar-refractivity contribution in [2.75, 3.05) is 36.4 Å². The topological polar surface area (TPSA) is 35.6 Å². The SMILES string of the molecule is Cc1ccc(N2CCC(CCCC(=O)N3CCC[C@H](Nc4ccc(SC(F)(F)F)cc4)C3)CC2)cc1. The summed E-state index contributed by atoms with van der Waals surface area (Å²) in [6.07, 6.45) is 6.86. The van der Waals surface area contributed by atoms with Gasteiger partial charge in [0.25, 0.3) is 0 Å². The molecule has 2 fully saturated rings. The first-order valence-corrected chi connectivity index (χ1v) is 13.8. The van der Waals surface area contributed by atoms with E-state index in [2.05, 4.69) is 41.4 Å². The second-order valence-corrected chi connectivity index (χ2v) is 11.2. The Hall–Kier alpha value is -2.35. The molecule has 0 saturated carbocycles. The molecule has 2 aromatic carbocycles. The summed E-state index contributed by atoms with van der Waals surface area (Å²) in [5.41, 5.74) is -0.902. The number of anilines is 2. The number of benzene rings is 2. The third-order valence-electron chi connectivity index (χ3n) is 7.25. The van der Waals surface area contributed by atoms with Crippen LogP contribution in [0.3, 0.4) is 0 Å². The summed E-state index contributed by atoms with van der Waals surface area (Å²) < 4.78 is 37.6. The van der Waals surface area contributed by atoms with Crippen molar-refractivity contribution < 1.29 is 18.0 Å². The highest BCUT2D eigenvalue weighted by molar-refractivity contribution is 8.00. The number of likely N-dealkylation sites (tertiary alicyclic amines) is 1. The van der Waals surface area contributed by atoms with Crippen LogP contribution in [0.15, 0.2) is 53.4 Å². The molecule has 4 rings (SSSR count). The van der Waals surface area contributed by atoms with Gasteiger partial charge in [0.2, 0.25) is 5.91 Å². The summed E-state index contributed by atoms with van der Waals surface area (Å²) in [6, 6.07) is 15.2. The van der Waals surface area contributed by atoms with Gasteiger partial charge in [-0.15, -0.1) is 0 Å². The number of hydrogen-bond donors (Lipinski definition) is 1. The van der Waals surface area contributed by atoms with Gasteiger partial charge < -0.3 is 15.1 Å². The molecule has 196 valence electrons. The van der Waals surface area contributed by atoms with Gasteiger partial charge in [-0.05, 0) is 99.5 Å². The fourth-order valence-corrected chi connectivity index (χ4v) is 5.78. The Morgan fingerprint density at radius 3 is 2.36 bits per heavy atom. The zero-order valence-corrected chi connectivity index (χ0v) is 21.7. The third-order valence-corrected chi connectivity index (χ3v) is 7.99. The van der Waals surface area contributed by atoms with Gasteiger partial charge in [-0.3, -0.25) is 4.79 Å². The standard InChI is InChI=1S/C28H36F3N3OS/c1-21-7-11-25(12-8-21)33-18-15-22(16-19-33)4-2-6-27(35)34-17-3-5-24(20-34)32-23-9-13-26(14-10-23)36-28(29,30)31/h7-14,22,24,32H,2-6,15-20H2,1H3/t24-/m0/s1. The first kappa shape index (κ1) is 26.7. The number of amides is 1. The predicted molar refractivity (Wildman–Crippen MR) is 142 cm³/mol. The number of nitrogens with one attached hydrogen (secondary N) is 1. The normalized spacial score (nSPS) is 19.4. The van der Waals surface area contributed by atoms with Gasteiger partial charge >= 0.3 is 5.51 Å². The summed E-state index contributed by atoms with van der Waals surface area (Å²) in [4.78, 5) is 17.5. The highest BCUT2D eigenvalue weighted by atomic mass is 32.2. The summed E-state index contributed by atoms with van der Waals surface area (Å²) in [5.74, 6) is 0.907. The first-order valence-electron chi connectivity index (χ1n) is 13.0. The molecular formula is C28H36F3N3OS. The number of halogens is 3. The van der Waals surface area contributed by atoms with Gasteiger partial charge in [-0.25, -0.2) is 0 Å². The van der Waals surface area contributed by atoms with Crippen molar-refractivity contribution in [3.8, 4) is 0 Å². The van der Waals surface area contributed by atoms with Gasteiger partial charge in [0, 0.05) is 54.9 Å². The number of nitrogens with zero attached hydrogens (tertiary/aromatic N) is 2. The number of thioether (sulfide) groups is 1.